The lowest BCUT2D eigenvalue weighted by Crippen LogP contribution is -2.07. The van der Waals surface area contributed by atoms with E-state index in [-0.39, 0.29) is 18.4 Å². The maximum Gasteiger partial charge on any atom is 0.311 e. The van der Waals surface area contributed by atoms with Crippen LogP contribution >= 0.6 is 23.7 Å². The van der Waals surface area contributed by atoms with E-state index in [1.165, 1.54) is 0 Å². The smallest absolute Gasteiger partial charge is 0.311 e. The van der Waals surface area contributed by atoms with Gasteiger partial charge in [0.05, 0.1) is 24.1 Å². The number of benzene rings is 1. The van der Waals surface area contributed by atoms with E-state index in [9.17, 15) is 4.79 Å². The minimum absolute atomic E-state index is 0. The van der Waals surface area contributed by atoms with E-state index in [0.29, 0.717) is 13.0 Å². The number of carbonyl (C=O) groups excluding carboxylic acids is 1. The number of carbonyl (C=O) groups is 1. The molecule has 0 atom stereocenters. The SMILES string of the molecule is CCOC(=O)Cc1sc2nc3ccccc3n2c1C.Cl. The zero-order valence-corrected chi connectivity index (χ0v) is 12.9. The van der Waals surface area contributed by atoms with E-state index in [1.807, 2.05) is 38.1 Å². The molecule has 0 bridgehead atoms. The molecule has 4 nitrogen and oxygen atoms in total. The Morgan fingerprint density at radius 2 is 2.15 bits per heavy atom. The number of rotatable bonds is 3. The molecule has 0 unspecified atom stereocenters. The van der Waals surface area contributed by atoms with Crippen LogP contribution in [-0.4, -0.2) is 22.0 Å². The molecule has 106 valence electrons. The molecule has 0 spiro atoms. The molecule has 6 heteroatoms. The Morgan fingerprint density at radius 1 is 1.40 bits per heavy atom. The van der Waals surface area contributed by atoms with Gasteiger partial charge in [0, 0.05) is 10.6 Å². The third kappa shape index (κ3) is 2.39. The van der Waals surface area contributed by atoms with Gasteiger partial charge in [0.1, 0.15) is 0 Å². The van der Waals surface area contributed by atoms with Crippen molar-refractivity contribution in [2.24, 2.45) is 0 Å². The Hall–Kier alpha value is -1.59. The zero-order valence-electron chi connectivity index (χ0n) is 11.3. The second-order valence-electron chi connectivity index (χ2n) is 4.31. The molecule has 0 fully saturated rings. The van der Waals surface area contributed by atoms with E-state index in [1.54, 1.807) is 11.3 Å². The van der Waals surface area contributed by atoms with Crippen molar-refractivity contribution in [1.29, 1.82) is 0 Å². The van der Waals surface area contributed by atoms with Crippen LogP contribution in [0.5, 0.6) is 0 Å². The first-order chi connectivity index (χ1) is 9.20. The number of para-hydroxylation sites is 2. The summed E-state index contributed by atoms with van der Waals surface area (Å²) in [4.78, 5) is 18.1. The summed E-state index contributed by atoms with van der Waals surface area (Å²) in [7, 11) is 0. The Bertz CT molecular complexity index is 763. The van der Waals surface area contributed by atoms with Crippen molar-refractivity contribution >= 4 is 45.7 Å². The van der Waals surface area contributed by atoms with Crippen molar-refractivity contribution < 1.29 is 9.53 Å². The monoisotopic (exact) mass is 310 g/mol. The second-order valence-corrected chi connectivity index (χ2v) is 5.37. The van der Waals surface area contributed by atoms with E-state index in [2.05, 4.69) is 9.38 Å². The van der Waals surface area contributed by atoms with Crippen LogP contribution in [0.1, 0.15) is 17.5 Å². The fraction of sp³-hybridized carbons (Fsp3) is 0.286. The highest BCUT2D eigenvalue weighted by Gasteiger charge is 2.16. The molecule has 0 N–H and O–H groups in total. The Balaban J connectivity index is 0.00000147. The van der Waals surface area contributed by atoms with Gasteiger partial charge in [-0.3, -0.25) is 9.20 Å². The molecule has 0 saturated heterocycles. The molecule has 3 rings (SSSR count). The van der Waals surface area contributed by atoms with Gasteiger partial charge in [-0.1, -0.05) is 12.1 Å². The van der Waals surface area contributed by atoms with Crippen LogP contribution in [0, 0.1) is 6.92 Å². The number of esters is 1. The lowest BCUT2D eigenvalue weighted by Gasteiger charge is -2.01. The van der Waals surface area contributed by atoms with Crippen molar-refractivity contribution in [1.82, 2.24) is 9.38 Å². The number of imidazole rings is 1. The first kappa shape index (κ1) is 14.8. The van der Waals surface area contributed by atoms with Gasteiger partial charge < -0.3 is 4.74 Å². The summed E-state index contributed by atoms with van der Waals surface area (Å²) < 4.78 is 7.10. The number of fused-ring (bicyclic) bond motifs is 3. The summed E-state index contributed by atoms with van der Waals surface area (Å²) in [6.07, 6.45) is 0.321. The van der Waals surface area contributed by atoms with Crippen LogP contribution in [0.4, 0.5) is 0 Å². The highest BCUT2D eigenvalue weighted by Crippen LogP contribution is 2.27. The molecule has 0 radical (unpaired) electrons. The maximum absolute atomic E-state index is 11.6. The number of nitrogens with zero attached hydrogens (tertiary/aromatic N) is 2. The highest BCUT2D eigenvalue weighted by atomic mass is 35.5. The number of ether oxygens (including phenoxy) is 1. The van der Waals surface area contributed by atoms with Crippen LogP contribution in [0.2, 0.25) is 0 Å². The minimum Gasteiger partial charge on any atom is -0.466 e. The predicted molar refractivity (Wildman–Crippen MR) is 82.9 cm³/mol. The predicted octanol–water partition coefficient (Wildman–Crippen LogP) is 3.38. The molecule has 2 aromatic heterocycles. The Morgan fingerprint density at radius 3 is 2.90 bits per heavy atom. The van der Waals surface area contributed by atoms with Gasteiger partial charge in [-0.05, 0) is 26.0 Å². The summed E-state index contributed by atoms with van der Waals surface area (Å²) in [5.74, 6) is -0.181. The summed E-state index contributed by atoms with van der Waals surface area (Å²) >= 11 is 1.55. The molecule has 0 aliphatic carbocycles. The standard InChI is InChI=1S/C14H14N2O2S.ClH/c1-3-18-13(17)8-12-9(2)16-11-7-5-4-6-10(11)15-14(16)19-12;/h4-7H,3,8H2,1-2H3;1H. The molecular weight excluding hydrogens is 296 g/mol. The van der Waals surface area contributed by atoms with Gasteiger partial charge in [-0.2, -0.15) is 0 Å². The number of thiazole rings is 1. The molecule has 0 amide bonds. The average molecular weight is 311 g/mol. The number of hydrogen-bond donors (Lipinski definition) is 0. The zero-order chi connectivity index (χ0) is 13.4. The normalized spacial score (nSPS) is 10.7. The Kier molecular flexibility index (Phi) is 4.30. The minimum atomic E-state index is -0.181. The van der Waals surface area contributed by atoms with E-state index >= 15 is 0 Å². The lowest BCUT2D eigenvalue weighted by atomic mass is 10.3. The second kappa shape index (κ2) is 5.81. The lowest BCUT2D eigenvalue weighted by molar-refractivity contribution is -0.142. The van der Waals surface area contributed by atoms with Gasteiger partial charge in [0.2, 0.25) is 0 Å². The highest BCUT2D eigenvalue weighted by molar-refractivity contribution is 7.17. The summed E-state index contributed by atoms with van der Waals surface area (Å²) in [6.45, 7) is 4.26. The van der Waals surface area contributed by atoms with E-state index < -0.39 is 0 Å². The van der Waals surface area contributed by atoms with Crippen molar-refractivity contribution in [3.63, 3.8) is 0 Å². The first-order valence-corrected chi connectivity index (χ1v) is 7.03. The fourth-order valence-corrected chi connectivity index (χ4v) is 3.33. The Labute approximate surface area is 126 Å². The van der Waals surface area contributed by atoms with Crippen molar-refractivity contribution in [2.45, 2.75) is 20.3 Å². The summed E-state index contributed by atoms with van der Waals surface area (Å²) in [6, 6.07) is 8.02. The maximum atomic E-state index is 11.6. The number of hydrogen-bond acceptors (Lipinski definition) is 4. The third-order valence-corrected chi connectivity index (χ3v) is 4.24. The van der Waals surface area contributed by atoms with Crippen LogP contribution in [-0.2, 0) is 16.0 Å². The quantitative estimate of drug-likeness (QED) is 0.697. The van der Waals surface area contributed by atoms with Crippen molar-refractivity contribution in [2.75, 3.05) is 6.61 Å². The molecule has 2 heterocycles. The fourth-order valence-electron chi connectivity index (χ4n) is 2.21. The molecule has 0 aliphatic rings. The van der Waals surface area contributed by atoms with E-state index in [4.69, 9.17) is 4.74 Å². The van der Waals surface area contributed by atoms with Gasteiger partial charge in [0.15, 0.2) is 4.96 Å². The molecule has 1 aromatic carbocycles. The number of halogens is 1. The number of aromatic nitrogens is 2. The topological polar surface area (TPSA) is 43.6 Å². The van der Waals surface area contributed by atoms with E-state index in [0.717, 1.165) is 26.6 Å². The van der Waals surface area contributed by atoms with Crippen molar-refractivity contribution in [3.05, 3.63) is 34.8 Å². The van der Waals surface area contributed by atoms with Gasteiger partial charge in [-0.25, -0.2) is 4.98 Å². The van der Waals surface area contributed by atoms with Gasteiger partial charge in [-0.15, -0.1) is 23.7 Å². The van der Waals surface area contributed by atoms with Crippen molar-refractivity contribution in [3.8, 4) is 0 Å². The van der Waals surface area contributed by atoms with Crippen LogP contribution in [0.15, 0.2) is 24.3 Å². The average Bonchev–Trinajstić information content (AvgIpc) is 2.88. The van der Waals surface area contributed by atoms with Gasteiger partial charge in [0.25, 0.3) is 0 Å². The summed E-state index contributed by atoms with van der Waals surface area (Å²) in [5, 5.41) is 0. The number of aryl methyl sites for hydroxylation is 1. The van der Waals surface area contributed by atoms with Gasteiger partial charge >= 0.3 is 5.97 Å². The largest absolute Gasteiger partial charge is 0.466 e. The molecule has 3 aromatic rings. The summed E-state index contributed by atoms with van der Waals surface area (Å²) in [5.41, 5.74) is 3.14. The first-order valence-electron chi connectivity index (χ1n) is 6.21. The van der Waals surface area contributed by atoms with Crippen LogP contribution < -0.4 is 0 Å². The molecule has 20 heavy (non-hydrogen) atoms. The molecule has 0 saturated carbocycles. The van der Waals surface area contributed by atoms with Crippen LogP contribution in [0.3, 0.4) is 0 Å². The third-order valence-electron chi connectivity index (χ3n) is 3.09. The van der Waals surface area contributed by atoms with Crippen LogP contribution in [0.25, 0.3) is 16.0 Å². The molecule has 0 aliphatic heterocycles. The molecular formula is C14H15ClN2O2S.